The van der Waals surface area contributed by atoms with E-state index in [1.54, 1.807) is 0 Å². The summed E-state index contributed by atoms with van der Waals surface area (Å²) in [6, 6.07) is -0.816. The number of carbonyl (C=O) groups excluding carboxylic acids is 2. The second-order valence-corrected chi connectivity index (χ2v) is 6.53. The zero-order valence-corrected chi connectivity index (χ0v) is 13.2. The fourth-order valence-corrected chi connectivity index (χ4v) is 3.20. The van der Waals surface area contributed by atoms with Gasteiger partial charge in [-0.2, -0.15) is 0 Å². The Morgan fingerprint density at radius 1 is 1.14 bits per heavy atom. The molecule has 2 N–H and O–H groups in total. The number of nitrogens with one attached hydrogen (secondary N) is 1. The minimum absolute atomic E-state index is 0.0221. The van der Waals surface area contributed by atoms with Crippen LogP contribution in [0.2, 0.25) is 0 Å². The minimum Gasteiger partial charge on any atom is -0.480 e. The minimum atomic E-state index is -1.01. The quantitative estimate of drug-likeness (QED) is 0.746. The largest absolute Gasteiger partial charge is 0.480 e. The lowest BCUT2D eigenvalue weighted by Gasteiger charge is -2.27. The number of amides is 2. The van der Waals surface area contributed by atoms with Gasteiger partial charge in [-0.3, -0.25) is 9.59 Å². The third kappa shape index (κ3) is 4.71. The first-order chi connectivity index (χ1) is 10.5. The Morgan fingerprint density at radius 2 is 1.77 bits per heavy atom. The molecule has 2 rings (SSSR count). The Kier molecular flexibility index (Phi) is 5.80. The normalized spacial score (nSPS) is 20.2. The molecule has 0 spiro atoms. The second-order valence-electron chi connectivity index (χ2n) is 6.53. The smallest absolute Gasteiger partial charge is 0.326 e. The van der Waals surface area contributed by atoms with Crippen LogP contribution in [-0.2, 0) is 14.4 Å². The van der Waals surface area contributed by atoms with Crippen molar-refractivity contribution in [3.05, 3.63) is 0 Å². The van der Waals surface area contributed by atoms with Crippen LogP contribution < -0.4 is 5.32 Å². The molecule has 6 nitrogen and oxygen atoms in total. The summed E-state index contributed by atoms with van der Waals surface area (Å²) in [7, 11) is 0. The maximum absolute atomic E-state index is 12.2. The first-order valence-electron chi connectivity index (χ1n) is 8.29. The maximum atomic E-state index is 12.2. The van der Waals surface area contributed by atoms with Gasteiger partial charge in [-0.05, 0) is 38.5 Å². The number of hydrogen-bond donors (Lipinski definition) is 2. The van der Waals surface area contributed by atoms with Gasteiger partial charge in [-0.25, -0.2) is 4.79 Å². The van der Waals surface area contributed by atoms with Crippen LogP contribution in [0.25, 0.3) is 0 Å². The molecule has 6 heteroatoms. The lowest BCUT2D eigenvalue weighted by molar-refractivity contribution is -0.149. The molecule has 0 aromatic rings. The van der Waals surface area contributed by atoms with Gasteiger partial charge in [0.15, 0.2) is 0 Å². The number of carboxylic acid groups (broad SMARTS) is 1. The van der Waals surface area contributed by atoms with Crippen molar-refractivity contribution >= 4 is 17.8 Å². The molecule has 2 fully saturated rings. The van der Waals surface area contributed by atoms with E-state index in [2.05, 4.69) is 5.32 Å². The molecule has 0 aromatic carbocycles. The monoisotopic (exact) mass is 310 g/mol. The van der Waals surface area contributed by atoms with Crippen molar-refractivity contribution in [1.82, 2.24) is 10.2 Å². The number of aliphatic carboxylic acids is 1. The first kappa shape index (κ1) is 16.8. The summed E-state index contributed by atoms with van der Waals surface area (Å²) in [5.41, 5.74) is 0. The number of rotatable bonds is 7. The summed E-state index contributed by atoms with van der Waals surface area (Å²) in [6.45, 7) is 1.42. The van der Waals surface area contributed by atoms with E-state index in [1.165, 1.54) is 31.1 Å². The Labute approximate surface area is 131 Å². The van der Waals surface area contributed by atoms with E-state index >= 15 is 0 Å². The van der Waals surface area contributed by atoms with Gasteiger partial charge >= 0.3 is 5.97 Å². The van der Waals surface area contributed by atoms with Gasteiger partial charge in [-0.1, -0.05) is 19.3 Å². The van der Waals surface area contributed by atoms with E-state index in [-0.39, 0.29) is 24.4 Å². The molecule has 22 heavy (non-hydrogen) atoms. The van der Waals surface area contributed by atoms with Crippen LogP contribution in [0.1, 0.15) is 58.3 Å². The predicted molar refractivity (Wildman–Crippen MR) is 81.2 cm³/mol. The fourth-order valence-electron chi connectivity index (χ4n) is 3.20. The molecule has 0 radical (unpaired) electrons. The SMILES string of the molecule is CC(C(=O)O)N(C(=O)CNC(=O)CC1CCCCC1)C1CC1. The molecule has 0 heterocycles. The number of nitrogens with zero attached hydrogens (tertiary/aromatic N) is 1. The second kappa shape index (κ2) is 7.61. The van der Waals surface area contributed by atoms with Crippen molar-refractivity contribution in [2.45, 2.75) is 70.4 Å². The molecule has 2 aliphatic rings. The molecule has 2 aliphatic carbocycles. The highest BCUT2D eigenvalue weighted by Gasteiger charge is 2.38. The van der Waals surface area contributed by atoms with Gasteiger partial charge < -0.3 is 15.3 Å². The van der Waals surface area contributed by atoms with E-state index in [9.17, 15) is 14.4 Å². The van der Waals surface area contributed by atoms with Crippen LogP contribution in [-0.4, -0.2) is 46.4 Å². The molecule has 124 valence electrons. The summed E-state index contributed by atoms with van der Waals surface area (Å²) >= 11 is 0. The molecule has 0 bridgehead atoms. The van der Waals surface area contributed by atoms with E-state index in [0.717, 1.165) is 25.7 Å². The Hall–Kier alpha value is -1.59. The van der Waals surface area contributed by atoms with Gasteiger partial charge in [0.05, 0.1) is 6.54 Å². The summed E-state index contributed by atoms with van der Waals surface area (Å²) in [4.78, 5) is 36.6. The summed E-state index contributed by atoms with van der Waals surface area (Å²) in [6.07, 6.45) is 7.96. The van der Waals surface area contributed by atoms with Crippen molar-refractivity contribution in [3.8, 4) is 0 Å². The van der Waals surface area contributed by atoms with Gasteiger partial charge in [0, 0.05) is 12.5 Å². The van der Waals surface area contributed by atoms with Gasteiger partial charge in [-0.15, -0.1) is 0 Å². The van der Waals surface area contributed by atoms with E-state index < -0.39 is 12.0 Å². The number of carbonyl (C=O) groups is 3. The molecule has 1 atom stereocenters. The molecular weight excluding hydrogens is 284 g/mol. The molecule has 2 amide bonds. The average molecular weight is 310 g/mol. The Balaban J connectivity index is 1.77. The van der Waals surface area contributed by atoms with Crippen molar-refractivity contribution in [2.24, 2.45) is 5.92 Å². The van der Waals surface area contributed by atoms with E-state index in [4.69, 9.17) is 5.11 Å². The lowest BCUT2D eigenvalue weighted by Crippen LogP contribution is -2.48. The third-order valence-electron chi connectivity index (χ3n) is 4.64. The zero-order valence-electron chi connectivity index (χ0n) is 13.2. The summed E-state index contributed by atoms with van der Waals surface area (Å²) in [5, 5.41) is 11.8. The lowest BCUT2D eigenvalue weighted by atomic mass is 9.87. The fraction of sp³-hybridized carbons (Fsp3) is 0.812. The van der Waals surface area contributed by atoms with Crippen LogP contribution in [0.3, 0.4) is 0 Å². The van der Waals surface area contributed by atoms with E-state index in [1.807, 2.05) is 0 Å². The number of carboxylic acids is 1. The topological polar surface area (TPSA) is 86.7 Å². The maximum Gasteiger partial charge on any atom is 0.326 e. The summed E-state index contributed by atoms with van der Waals surface area (Å²) < 4.78 is 0. The summed E-state index contributed by atoms with van der Waals surface area (Å²) in [5.74, 6) is -0.969. The highest BCUT2D eigenvalue weighted by molar-refractivity contribution is 5.88. The zero-order chi connectivity index (χ0) is 16.1. The van der Waals surface area contributed by atoms with Crippen LogP contribution in [0.15, 0.2) is 0 Å². The molecular formula is C16H26N2O4. The first-order valence-corrected chi connectivity index (χ1v) is 8.29. The van der Waals surface area contributed by atoms with Crippen molar-refractivity contribution in [2.75, 3.05) is 6.54 Å². The van der Waals surface area contributed by atoms with Gasteiger partial charge in [0.1, 0.15) is 6.04 Å². The third-order valence-corrected chi connectivity index (χ3v) is 4.64. The molecule has 0 saturated heterocycles. The highest BCUT2D eigenvalue weighted by Crippen LogP contribution is 2.29. The molecule has 0 aromatic heterocycles. The van der Waals surface area contributed by atoms with Crippen LogP contribution in [0.4, 0.5) is 0 Å². The van der Waals surface area contributed by atoms with Crippen LogP contribution in [0.5, 0.6) is 0 Å². The van der Waals surface area contributed by atoms with Crippen LogP contribution >= 0.6 is 0 Å². The van der Waals surface area contributed by atoms with Crippen LogP contribution in [0, 0.1) is 5.92 Å². The van der Waals surface area contributed by atoms with Crippen molar-refractivity contribution in [3.63, 3.8) is 0 Å². The Morgan fingerprint density at radius 3 is 2.32 bits per heavy atom. The number of hydrogen-bond acceptors (Lipinski definition) is 3. The standard InChI is InChI=1S/C16H26N2O4/c1-11(16(21)22)18(13-7-8-13)15(20)10-17-14(19)9-12-5-3-2-4-6-12/h11-13H,2-10H2,1H3,(H,17,19)(H,21,22). The average Bonchev–Trinajstić information content (AvgIpc) is 3.31. The molecule has 2 saturated carbocycles. The molecule has 1 unspecified atom stereocenters. The van der Waals surface area contributed by atoms with Crippen molar-refractivity contribution in [1.29, 1.82) is 0 Å². The molecule has 0 aliphatic heterocycles. The van der Waals surface area contributed by atoms with Gasteiger partial charge in [0.25, 0.3) is 0 Å². The highest BCUT2D eigenvalue weighted by atomic mass is 16.4. The Bertz CT molecular complexity index is 428. The van der Waals surface area contributed by atoms with Crippen molar-refractivity contribution < 1.29 is 19.5 Å². The predicted octanol–water partition coefficient (Wildman–Crippen LogP) is 1.54. The van der Waals surface area contributed by atoms with E-state index in [0.29, 0.717) is 12.3 Å². The van der Waals surface area contributed by atoms with Gasteiger partial charge in [0.2, 0.25) is 11.8 Å².